The van der Waals surface area contributed by atoms with E-state index in [1.165, 1.54) is 0 Å². The molecule has 7 nitrogen and oxygen atoms in total. The average molecular weight is 366 g/mol. The summed E-state index contributed by atoms with van der Waals surface area (Å²) < 4.78 is 0. The van der Waals surface area contributed by atoms with Gasteiger partial charge in [0.25, 0.3) is 0 Å². The van der Waals surface area contributed by atoms with Crippen molar-refractivity contribution in [1.82, 2.24) is 9.97 Å². The second-order valence-corrected chi connectivity index (χ2v) is 7.28. The first-order chi connectivity index (χ1) is 13.0. The number of aromatic hydroxyl groups is 1. The van der Waals surface area contributed by atoms with Gasteiger partial charge in [-0.05, 0) is 30.9 Å². The van der Waals surface area contributed by atoms with Crippen LogP contribution >= 0.6 is 0 Å². The number of benzene rings is 1. The zero-order valence-electron chi connectivity index (χ0n) is 15.0. The minimum atomic E-state index is -0.253. The van der Waals surface area contributed by atoms with Crippen molar-refractivity contribution >= 4 is 17.6 Å². The number of piperidine rings is 1. The third-order valence-electron chi connectivity index (χ3n) is 5.58. The van der Waals surface area contributed by atoms with Crippen LogP contribution in [-0.2, 0) is 11.2 Å². The van der Waals surface area contributed by atoms with E-state index < -0.39 is 0 Å². The van der Waals surface area contributed by atoms with E-state index in [1.807, 2.05) is 17.0 Å². The fourth-order valence-corrected chi connectivity index (χ4v) is 4.00. The molecule has 1 amide bonds. The fraction of sp³-hybridized carbons (Fsp3) is 0.400. The Kier molecular flexibility index (Phi) is 4.51. The SMILES string of the molecule is NC(=O)C1CCN(c2ncc3c(n2)C[C@H](c2ccccc2O)CC3=O)CC1. The molecule has 1 aromatic carbocycles. The number of amides is 1. The van der Waals surface area contributed by atoms with Crippen LogP contribution < -0.4 is 10.6 Å². The average Bonchev–Trinajstić information content (AvgIpc) is 2.68. The molecule has 2 heterocycles. The van der Waals surface area contributed by atoms with Crippen molar-refractivity contribution in [3.8, 4) is 5.75 Å². The monoisotopic (exact) mass is 366 g/mol. The summed E-state index contributed by atoms with van der Waals surface area (Å²) in [5.74, 6) is 0.366. The van der Waals surface area contributed by atoms with E-state index in [2.05, 4.69) is 9.97 Å². The fourth-order valence-electron chi connectivity index (χ4n) is 4.00. The number of anilines is 1. The lowest BCUT2D eigenvalue weighted by Crippen LogP contribution is -2.39. The molecule has 1 atom stereocenters. The lowest BCUT2D eigenvalue weighted by atomic mass is 9.82. The van der Waals surface area contributed by atoms with Gasteiger partial charge in [-0.25, -0.2) is 9.97 Å². The maximum atomic E-state index is 12.6. The van der Waals surface area contributed by atoms with Crippen LogP contribution in [0, 0.1) is 5.92 Å². The molecule has 3 N–H and O–H groups in total. The molecule has 0 radical (unpaired) electrons. The standard InChI is InChI=1S/C20H22N4O3/c21-19(27)12-5-7-24(8-6-12)20-22-11-15-16(23-20)9-13(10-18(15)26)14-3-1-2-4-17(14)25/h1-4,11-13,25H,5-10H2,(H2,21,27)/t13-/m0/s1. The number of aromatic nitrogens is 2. The summed E-state index contributed by atoms with van der Waals surface area (Å²) in [5, 5.41) is 10.1. The van der Waals surface area contributed by atoms with Gasteiger partial charge in [0.2, 0.25) is 11.9 Å². The zero-order valence-corrected chi connectivity index (χ0v) is 15.0. The third-order valence-corrected chi connectivity index (χ3v) is 5.58. The Morgan fingerprint density at radius 1 is 1.19 bits per heavy atom. The van der Waals surface area contributed by atoms with Gasteiger partial charge in [-0.3, -0.25) is 9.59 Å². The van der Waals surface area contributed by atoms with Crippen LogP contribution in [0.2, 0.25) is 0 Å². The molecule has 4 rings (SSSR count). The summed E-state index contributed by atoms with van der Waals surface area (Å²) >= 11 is 0. The molecule has 2 aromatic rings. The highest BCUT2D eigenvalue weighted by molar-refractivity contribution is 5.98. The molecule has 27 heavy (non-hydrogen) atoms. The molecule has 1 aliphatic carbocycles. The van der Waals surface area contributed by atoms with E-state index >= 15 is 0 Å². The third kappa shape index (κ3) is 3.37. The van der Waals surface area contributed by atoms with Crippen LogP contribution in [0.4, 0.5) is 5.95 Å². The number of hydrogen-bond acceptors (Lipinski definition) is 6. The number of ketones is 1. The zero-order chi connectivity index (χ0) is 19.0. The second-order valence-electron chi connectivity index (χ2n) is 7.28. The van der Waals surface area contributed by atoms with Gasteiger partial charge >= 0.3 is 0 Å². The van der Waals surface area contributed by atoms with Crippen molar-refractivity contribution < 1.29 is 14.7 Å². The summed E-state index contributed by atoms with van der Waals surface area (Å²) in [5.41, 5.74) is 7.46. The molecule has 1 fully saturated rings. The number of carbonyl (C=O) groups excluding carboxylic acids is 2. The van der Waals surface area contributed by atoms with Gasteiger partial charge in [0.1, 0.15) is 5.75 Å². The van der Waals surface area contributed by atoms with Crippen LogP contribution in [0.3, 0.4) is 0 Å². The number of para-hydroxylation sites is 1. The summed E-state index contributed by atoms with van der Waals surface area (Å²) in [4.78, 5) is 35.0. The molecule has 1 saturated heterocycles. The number of carbonyl (C=O) groups is 2. The number of phenolic OH excluding ortho intramolecular Hbond substituents is 1. The van der Waals surface area contributed by atoms with E-state index in [9.17, 15) is 14.7 Å². The van der Waals surface area contributed by atoms with Crippen LogP contribution in [-0.4, -0.2) is 39.9 Å². The Morgan fingerprint density at radius 2 is 1.93 bits per heavy atom. The van der Waals surface area contributed by atoms with Crippen LogP contribution in [0.15, 0.2) is 30.5 Å². The van der Waals surface area contributed by atoms with E-state index in [0.717, 1.165) is 11.3 Å². The number of primary amides is 1. The van der Waals surface area contributed by atoms with Gasteiger partial charge in [0, 0.05) is 37.5 Å². The molecule has 1 aromatic heterocycles. The molecule has 1 aliphatic heterocycles. The quantitative estimate of drug-likeness (QED) is 0.857. The lowest BCUT2D eigenvalue weighted by Gasteiger charge is -2.31. The Hall–Kier alpha value is -2.96. The number of hydrogen-bond donors (Lipinski definition) is 2. The Balaban J connectivity index is 1.57. The molecule has 2 aliphatic rings. The summed E-state index contributed by atoms with van der Waals surface area (Å²) in [7, 11) is 0. The molecular weight excluding hydrogens is 344 g/mol. The van der Waals surface area contributed by atoms with Crippen LogP contribution in [0.25, 0.3) is 0 Å². The van der Waals surface area contributed by atoms with E-state index in [1.54, 1.807) is 18.3 Å². The maximum absolute atomic E-state index is 12.6. The summed E-state index contributed by atoms with van der Waals surface area (Å²) in [6, 6.07) is 7.13. The first-order valence-corrected chi connectivity index (χ1v) is 9.24. The molecule has 0 spiro atoms. The Morgan fingerprint density at radius 3 is 2.63 bits per heavy atom. The normalized spacial score (nSPS) is 20.4. The highest BCUT2D eigenvalue weighted by Crippen LogP contribution is 2.36. The van der Waals surface area contributed by atoms with Crippen molar-refractivity contribution in [1.29, 1.82) is 0 Å². The highest BCUT2D eigenvalue weighted by atomic mass is 16.3. The smallest absolute Gasteiger partial charge is 0.225 e. The lowest BCUT2D eigenvalue weighted by molar-refractivity contribution is -0.122. The summed E-state index contributed by atoms with van der Waals surface area (Å²) in [6.45, 7) is 1.34. The van der Waals surface area contributed by atoms with E-state index in [0.29, 0.717) is 50.3 Å². The molecule has 140 valence electrons. The Labute approximate surface area is 157 Å². The topological polar surface area (TPSA) is 109 Å². The van der Waals surface area contributed by atoms with Crippen molar-refractivity contribution in [2.24, 2.45) is 11.7 Å². The number of nitrogens with zero attached hydrogens (tertiary/aromatic N) is 3. The molecule has 7 heteroatoms. The second kappa shape index (κ2) is 6.98. The van der Waals surface area contributed by atoms with Crippen LogP contribution in [0.1, 0.15) is 46.8 Å². The number of phenols is 1. The van der Waals surface area contributed by atoms with E-state index in [4.69, 9.17) is 5.73 Å². The number of rotatable bonds is 3. The van der Waals surface area contributed by atoms with Crippen molar-refractivity contribution in [3.63, 3.8) is 0 Å². The van der Waals surface area contributed by atoms with Crippen molar-refractivity contribution in [3.05, 3.63) is 47.3 Å². The molecule has 0 unspecified atom stereocenters. The first-order valence-electron chi connectivity index (χ1n) is 9.24. The Bertz CT molecular complexity index is 891. The van der Waals surface area contributed by atoms with Gasteiger partial charge in [-0.1, -0.05) is 18.2 Å². The largest absolute Gasteiger partial charge is 0.508 e. The van der Waals surface area contributed by atoms with Crippen molar-refractivity contribution in [2.75, 3.05) is 18.0 Å². The number of Topliss-reactive ketones (excluding diaryl/α,β-unsaturated/α-hetero) is 1. The van der Waals surface area contributed by atoms with E-state index in [-0.39, 0.29) is 29.3 Å². The van der Waals surface area contributed by atoms with Gasteiger partial charge < -0.3 is 15.7 Å². The predicted molar refractivity (Wildman–Crippen MR) is 99.7 cm³/mol. The van der Waals surface area contributed by atoms with Gasteiger partial charge in [0.15, 0.2) is 5.78 Å². The van der Waals surface area contributed by atoms with Crippen LogP contribution in [0.5, 0.6) is 5.75 Å². The number of fused-ring (bicyclic) bond motifs is 1. The summed E-state index contributed by atoms with van der Waals surface area (Å²) in [6.07, 6.45) is 3.93. The first kappa shape index (κ1) is 17.5. The van der Waals surface area contributed by atoms with Gasteiger partial charge in [-0.15, -0.1) is 0 Å². The predicted octanol–water partition coefficient (Wildman–Crippen LogP) is 1.80. The minimum Gasteiger partial charge on any atom is -0.508 e. The van der Waals surface area contributed by atoms with Crippen molar-refractivity contribution in [2.45, 2.75) is 31.6 Å². The van der Waals surface area contributed by atoms with Gasteiger partial charge in [0.05, 0.1) is 11.3 Å². The highest BCUT2D eigenvalue weighted by Gasteiger charge is 2.31. The maximum Gasteiger partial charge on any atom is 0.225 e. The molecule has 0 bridgehead atoms. The molecular formula is C20H22N4O3. The minimum absolute atomic E-state index is 0.00323. The molecule has 0 saturated carbocycles. The van der Waals surface area contributed by atoms with Gasteiger partial charge in [-0.2, -0.15) is 0 Å². The number of nitrogens with two attached hydrogens (primary N) is 1.